The summed E-state index contributed by atoms with van der Waals surface area (Å²) in [6.45, 7) is 0. The quantitative estimate of drug-likeness (QED) is 0.407. The van der Waals surface area contributed by atoms with Crippen molar-refractivity contribution in [1.29, 1.82) is 0 Å². The molecule has 0 radical (unpaired) electrons. The van der Waals surface area contributed by atoms with E-state index in [1.165, 1.54) is 0 Å². The van der Waals surface area contributed by atoms with Crippen LogP contribution < -0.4 is 5.32 Å². The maximum Gasteiger partial charge on any atom is 0.329 e. The molecule has 0 saturated carbocycles. The fourth-order valence-corrected chi connectivity index (χ4v) is 1.46. The summed E-state index contributed by atoms with van der Waals surface area (Å²) in [6, 6.07) is 0.802. The van der Waals surface area contributed by atoms with Crippen molar-refractivity contribution in [3.8, 4) is 0 Å². The molecule has 0 aliphatic carbocycles. The Labute approximate surface area is 114 Å². The van der Waals surface area contributed by atoms with Crippen LogP contribution in [0.4, 0.5) is 30.4 Å². The van der Waals surface area contributed by atoms with Crippen molar-refractivity contribution in [2.24, 2.45) is 0 Å². The second-order valence-electron chi connectivity index (χ2n) is 3.50. The van der Waals surface area contributed by atoms with Gasteiger partial charge in [0.2, 0.25) is 11.1 Å². The van der Waals surface area contributed by atoms with Crippen LogP contribution in [-0.4, -0.2) is 14.9 Å². The zero-order valence-electron chi connectivity index (χ0n) is 9.40. The molecular weight excluding hydrogens is 301 g/mol. The monoisotopic (exact) mass is 304 g/mol. The highest BCUT2D eigenvalue weighted by Crippen LogP contribution is 2.28. The summed E-state index contributed by atoms with van der Waals surface area (Å²) in [5.41, 5.74) is -1.12. The molecule has 0 unspecified atom stereocenters. The molecule has 1 aromatic heterocycles. The van der Waals surface area contributed by atoms with Gasteiger partial charge in [0, 0.05) is 12.1 Å². The molecule has 0 amide bonds. The molecule has 0 bridgehead atoms. The Bertz CT molecular complexity index is 698. The highest BCUT2D eigenvalue weighted by atomic mass is 35.5. The van der Waals surface area contributed by atoms with Gasteiger partial charge < -0.3 is 5.32 Å². The average Bonchev–Trinajstić information content (AvgIpc) is 2.35. The number of hydrogen-bond acceptors (Lipinski definition) is 5. The van der Waals surface area contributed by atoms with Crippen molar-refractivity contribution in [2.75, 3.05) is 5.32 Å². The van der Waals surface area contributed by atoms with Gasteiger partial charge in [-0.3, -0.25) is 10.1 Å². The summed E-state index contributed by atoms with van der Waals surface area (Å²) < 4.78 is 39.2. The molecule has 0 saturated heterocycles. The first-order chi connectivity index (χ1) is 9.38. The van der Waals surface area contributed by atoms with E-state index in [1.54, 1.807) is 0 Å². The summed E-state index contributed by atoms with van der Waals surface area (Å²) in [4.78, 5) is 16.8. The molecule has 20 heavy (non-hydrogen) atoms. The highest BCUT2D eigenvalue weighted by Gasteiger charge is 2.19. The number of benzene rings is 1. The summed E-state index contributed by atoms with van der Waals surface area (Å²) in [5.74, 6) is -4.30. The minimum atomic E-state index is -1.39. The molecule has 6 nitrogen and oxygen atoms in total. The lowest BCUT2D eigenvalue weighted by Crippen LogP contribution is -2.03. The van der Waals surface area contributed by atoms with Crippen LogP contribution in [0.1, 0.15) is 0 Å². The second-order valence-corrected chi connectivity index (χ2v) is 3.84. The van der Waals surface area contributed by atoms with Gasteiger partial charge in [-0.1, -0.05) is 0 Å². The van der Waals surface area contributed by atoms with E-state index in [2.05, 4.69) is 15.3 Å². The van der Waals surface area contributed by atoms with Gasteiger partial charge in [-0.2, -0.15) is 4.98 Å². The standard InChI is InChI=1S/C10H4ClF3N4O2/c11-10-15-3-8(18(19)20)9(17-10)16-7-2-5(13)4(12)1-6(7)14/h1-3H,(H,15,16,17). The first-order valence-electron chi connectivity index (χ1n) is 4.97. The highest BCUT2D eigenvalue weighted by molar-refractivity contribution is 6.28. The molecule has 0 fully saturated rings. The minimum Gasteiger partial charge on any atom is -0.332 e. The van der Waals surface area contributed by atoms with Crippen LogP contribution in [0.15, 0.2) is 18.3 Å². The van der Waals surface area contributed by atoms with E-state index in [1.807, 2.05) is 0 Å². The van der Waals surface area contributed by atoms with Crippen LogP contribution >= 0.6 is 11.6 Å². The van der Waals surface area contributed by atoms with E-state index in [9.17, 15) is 23.3 Å². The number of halogens is 4. The first kappa shape index (κ1) is 14.0. The van der Waals surface area contributed by atoms with Crippen molar-refractivity contribution in [3.63, 3.8) is 0 Å². The van der Waals surface area contributed by atoms with Crippen molar-refractivity contribution in [2.45, 2.75) is 0 Å². The molecule has 0 atom stereocenters. The third-order valence-electron chi connectivity index (χ3n) is 2.20. The molecule has 10 heteroatoms. The molecule has 0 aliphatic heterocycles. The molecule has 2 aromatic rings. The summed E-state index contributed by atoms with van der Waals surface area (Å²) >= 11 is 5.47. The molecule has 2 rings (SSSR count). The van der Waals surface area contributed by atoms with Gasteiger partial charge in [0.25, 0.3) is 0 Å². The zero-order chi connectivity index (χ0) is 14.9. The van der Waals surface area contributed by atoms with Gasteiger partial charge in [-0.05, 0) is 11.6 Å². The van der Waals surface area contributed by atoms with Crippen LogP contribution in [-0.2, 0) is 0 Å². The van der Waals surface area contributed by atoms with Gasteiger partial charge >= 0.3 is 5.69 Å². The molecule has 0 spiro atoms. The smallest absolute Gasteiger partial charge is 0.329 e. The number of nitrogens with one attached hydrogen (secondary N) is 1. The predicted octanol–water partition coefficient (Wildman–Crippen LogP) is 3.20. The van der Waals surface area contributed by atoms with E-state index in [0.29, 0.717) is 12.1 Å². The molecule has 1 aromatic carbocycles. The number of aromatic nitrogens is 2. The third-order valence-corrected chi connectivity index (χ3v) is 2.38. The first-order valence-corrected chi connectivity index (χ1v) is 5.35. The van der Waals surface area contributed by atoms with Crippen molar-refractivity contribution >= 4 is 28.8 Å². The van der Waals surface area contributed by atoms with Crippen LogP contribution in [0.25, 0.3) is 0 Å². The van der Waals surface area contributed by atoms with E-state index in [4.69, 9.17) is 11.6 Å². The maximum absolute atomic E-state index is 13.4. The Morgan fingerprint density at radius 1 is 1.20 bits per heavy atom. The Morgan fingerprint density at radius 2 is 1.85 bits per heavy atom. The number of hydrogen-bond donors (Lipinski definition) is 1. The summed E-state index contributed by atoms with van der Waals surface area (Å²) in [7, 11) is 0. The molecule has 1 heterocycles. The fourth-order valence-electron chi connectivity index (χ4n) is 1.33. The van der Waals surface area contributed by atoms with Crippen LogP contribution in [0.5, 0.6) is 0 Å². The lowest BCUT2D eigenvalue weighted by molar-refractivity contribution is -0.384. The Morgan fingerprint density at radius 3 is 2.50 bits per heavy atom. The number of nitro groups is 1. The van der Waals surface area contributed by atoms with Gasteiger partial charge in [0.1, 0.15) is 12.0 Å². The van der Waals surface area contributed by atoms with Crippen LogP contribution in [0.3, 0.4) is 0 Å². The lowest BCUT2D eigenvalue weighted by Gasteiger charge is -2.07. The number of nitrogens with zero attached hydrogens (tertiary/aromatic N) is 3. The van der Waals surface area contributed by atoms with E-state index in [0.717, 1.165) is 6.20 Å². The largest absolute Gasteiger partial charge is 0.332 e. The topological polar surface area (TPSA) is 81.0 Å². The fraction of sp³-hybridized carbons (Fsp3) is 0. The van der Waals surface area contributed by atoms with Crippen LogP contribution in [0, 0.1) is 27.6 Å². The average molecular weight is 305 g/mol. The van der Waals surface area contributed by atoms with Crippen molar-refractivity contribution in [1.82, 2.24) is 9.97 Å². The SMILES string of the molecule is O=[N+]([O-])c1cnc(Cl)nc1Nc1cc(F)c(F)cc1F. The summed E-state index contributed by atoms with van der Waals surface area (Å²) in [6.07, 6.45) is 0.801. The lowest BCUT2D eigenvalue weighted by atomic mass is 10.2. The molecular formula is C10H4ClF3N4O2. The minimum absolute atomic E-state index is 0.298. The number of anilines is 2. The van der Waals surface area contributed by atoms with Crippen LogP contribution in [0.2, 0.25) is 5.28 Å². The normalized spacial score (nSPS) is 10.4. The zero-order valence-corrected chi connectivity index (χ0v) is 10.2. The van der Waals surface area contributed by atoms with Crippen molar-refractivity contribution in [3.05, 3.63) is 51.2 Å². The van der Waals surface area contributed by atoms with Crippen molar-refractivity contribution < 1.29 is 18.1 Å². The second kappa shape index (κ2) is 5.29. The molecule has 0 aliphatic rings. The molecule has 104 valence electrons. The van der Waals surface area contributed by atoms with Gasteiger partial charge in [-0.25, -0.2) is 18.2 Å². The Balaban J connectivity index is 2.47. The number of rotatable bonds is 3. The van der Waals surface area contributed by atoms with E-state index < -0.39 is 39.6 Å². The van der Waals surface area contributed by atoms with Gasteiger partial charge in [0.15, 0.2) is 11.6 Å². The van der Waals surface area contributed by atoms with Gasteiger partial charge in [0.05, 0.1) is 10.6 Å². The van der Waals surface area contributed by atoms with E-state index >= 15 is 0 Å². The predicted molar refractivity (Wildman–Crippen MR) is 63.3 cm³/mol. The maximum atomic E-state index is 13.4. The van der Waals surface area contributed by atoms with E-state index in [-0.39, 0.29) is 5.28 Å². The summed E-state index contributed by atoms with van der Waals surface area (Å²) in [5, 5.41) is 12.6. The third kappa shape index (κ3) is 2.77. The Hall–Kier alpha value is -2.42. The van der Waals surface area contributed by atoms with Gasteiger partial charge in [-0.15, -0.1) is 0 Å². The Kier molecular flexibility index (Phi) is 3.70. The molecule has 1 N–H and O–H groups in total.